The number of nitrogens with zero attached hydrogens (tertiary/aromatic N) is 1. The molecular formula is C17H22N2O5. The van der Waals surface area contributed by atoms with Crippen LogP contribution in [0.2, 0.25) is 0 Å². The fourth-order valence-electron chi connectivity index (χ4n) is 2.53. The van der Waals surface area contributed by atoms with Crippen molar-refractivity contribution in [3.8, 4) is 0 Å². The number of carbonyl (C=O) groups is 3. The minimum atomic E-state index is -1.07. The van der Waals surface area contributed by atoms with Gasteiger partial charge in [0.15, 0.2) is 0 Å². The molecule has 24 heavy (non-hydrogen) atoms. The van der Waals surface area contributed by atoms with E-state index in [1.807, 2.05) is 0 Å². The van der Waals surface area contributed by atoms with Crippen molar-refractivity contribution in [2.24, 2.45) is 0 Å². The normalized spacial score (nSPS) is 17.5. The number of carboxylic acid groups (broad SMARTS) is 1. The maximum atomic E-state index is 12.5. The number of ether oxygens (including phenoxy) is 1. The van der Waals surface area contributed by atoms with Crippen molar-refractivity contribution in [1.29, 1.82) is 0 Å². The van der Waals surface area contributed by atoms with Crippen molar-refractivity contribution >= 4 is 23.7 Å². The van der Waals surface area contributed by atoms with E-state index < -0.39 is 23.7 Å². The minimum absolute atomic E-state index is 0.0863. The van der Waals surface area contributed by atoms with E-state index in [1.165, 1.54) is 17.0 Å². The van der Waals surface area contributed by atoms with Crippen LogP contribution in [-0.2, 0) is 9.53 Å². The van der Waals surface area contributed by atoms with Crippen LogP contribution in [0.15, 0.2) is 24.3 Å². The number of amides is 2. The third-order valence-electron chi connectivity index (χ3n) is 3.56. The Hall–Kier alpha value is -2.57. The minimum Gasteiger partial charge on any atom is -0.478 e. The summed E-state index contributed by atoms with van der Waals surface area (Å²) in [5, 5.41) is 11.7. The molecule has 1 aliphatic rings. The zero-order valence-electron chi connectivity index (χ0n) is 14.0. The van der Waals surface area contributed by atoms with Crippen LogP contribution in [0.4, 0.5) is 10.5 Å². The SMILES string of the molecule is CC(C)(C)OC(=O)N1CCC[C@H]1C(=O)Nc1cccc(C(=O)O)c1. The second-order valence-electron chi connectivity index (χ2n) is 6.71. The molecule has 0 radical (unpaired) electrons. The monoisotopic (exact) mass is 334 g/mol. The summed E-state index contributed by atoms with van der Waals surface area (Å²) in [5.74, 6) is -1.41. The van der Waals surface area contributed by atoms with E-state index in [2.05, 4.69) is 5.32 Å². The Morgan fingerprint density at radius 2 is 2.00 bits per heavy atom. The topological polar surface area (TPSA) is 95.9 Å². The summed E-state index contributed by atoms with van der Waals surface area (Å²) in [6.45, 7) is 5.77. The van der Waals surface area contributed by atoms with Gasteiger partial charge in [0, 0.05) is 12.2 Å². The molecule has 1 fully saturated rings. The second kappa shape index (κ2) is 6.90. The lowest BCUT2D eigenvalue weighted by molar-refractivity contribution is -0.120. The van der Waals surface area contributed by atoms with Crippen LogP contribution in [-0.4, -0.2) is 46.2 Å². The van der Waals surface area contributed by atoms with Gasteiger partial charge in [0.1, 0.15) is 11.6 Å². The van der Waals surface area contributed by atoms with Gasteiger partial charge in [-0.2, -0.15) is 0 Å². The number of carboxylic acids is 1. The summed E-state index contributed by atoms with van der Waals surface area (Å²) in [6, 6.07) is 5.37. The molecule has 1 saturated heterocycles. The van der Waals surface area contributed by atoms with Crippen LogP contribution in [0.25, 0.3) is 0 Å². The average Bonchev–Trinajstić information content (AvgIpc) is 2.95. The molecule has 0 aromatic heterocycles. The number of anilines is 1. The molecule has 0 spiro atoms. The molecule has 130 valence electrons. The van der Waals surface area contributed by atoms with Crippen molar-refractivity contribution in [2.75, 3.05) is 11.9 Å². The summed E-state index contributed by atoms with van der Waals surface area (Å²) in [6.07, 6.45) is 0.746. The molecule has 0 saturated carbocycles. The highest BCUT2D eigenvalue weighted by atomic mass is 16.6. The molecule has 2 amide bonds. The third-order valence-corrected chi connectivity index (χ3v) is 3.56. The number of aromatic carboxylic acids is 1. The third kappa shape index (κ3) is 4.47. The molecule has 2 N–H and O–H groups in total. The standard InChI is InChI=1S/C17H22N2O5/c1-17(2,3)24-16(23)19-9-5-8-13(19)14(20)18-12-7-4-6-11(10-12)15(21)22/h4,6-7,10,13H,5,8-9H2,1-3H3,(H,18,20)(H,21,22)/t13-/m0/s1. The lowest BCUT2D eigenvalue weighted by atomic mass is 10.1. The number of rotatable bonds is 3. The Kier molecular flexibility index (Phi) is 5.11. The molecular weight excluding hydrogens is 312 g/mol. The average molecular weight is 334 g/mol. The van der Waals surface area contributed by atoms with Gasteiger partial charge in [-0.15, -0.1) is 0 Å². The van der Waals surface area contributed by atoms with E-state index in [1.54, 1.807) is 32.9 Å². The molecule has 7 heteroatoms. The quantitative estimate of drug-likeness (QED) is 0.886. The summed E-state index contributed by atoms with van der Waals surface area (Å²) in [5.41, 5.74) is -0.157. The predicted molar refractivity (Wildman–Crippen MR) is 88.0 cm³/mol. The molecule has 1 aliphatic heterocycles. The largest absolute Gasteiger partial charge is 0.478 e. The van der Waals surface area contributed by atoms with Gasteiger partial charge in [-0.3, -0.25) is 9.69 Å². The van der Waals surface area contributed by atoms with Crippen molar-refractivity contribution in [1.82, 2.24) is 4.90 Å². The summed E-state index contributed by atoms with van der Waals surface area (Å²) < 4.78 is 5.33. The maximum Gasteiger partial charge on any atom is 0.410 e. The lowest BCUT2D eigenvalue weighted by Gasteiger charge is -2.28. The van der Waals surface area contributed by atoms with Crippen molar-refractivity contribution in [3.63, 3.8) is 0 Å². The van der Waals surface area contributed by atoms with Gasteiger partial charge in [-0.05, 0) is 51.8 Å². The predicted octanol–water partition coefficient (Wildman–Crippen LogP) is 2.72. The number of hydrogen-bond acceptors (Lipinski definition) is 4. The van der Waals surface area contributed by atoms with E-state index in [0.29, 0.717) is 25.1 Å². The molecule has 0 bridgehead atoms. The molecule has 0 aliphatic carbocycles. The van der Waals surface area contributed by atoms with Gasteiger partial charge in [0.05, 0.1) is 5.56 Å². The molecule has 0 unspecified atom stereocenters. The van der Waals surface area contributed by atoms with Crippen LogP contribution in [0, 0.1) is 0 Å². The Balaban J connectivity index is 2.07. The van der Waals surface area contributed by atoms with Gasteiger partial charge >= 0.3 is 12.1 Å². The van der Waals surface area contributed by atoms with Gasteiger partial charge < -0.3 is 15.2 Å². The fraction of sp³-hybridized carbons (Fsp3) is 0.471. The Labute approximate surface area is 140 Å². The van der Waals surface area contributed by atoms with Crippen molar-refractivity contribution in [3.05, 3.63) is 29.8 Å². The van der Waals surface area contributed by atoms with Crippen LogP contribution in [0.3, 0.4) is 0 Å². The zero-order valence-corrected chi connectivity index (χ0v) is 14.0. The van der Waals surface area contributed by atoms with E-state index in [4.69, 9.17) is 9.84 Å². The molecule has 1 atom stereocenters. The number of likely N-dealkylation sites (tertiary alicyclic amines) is 1. The highest BCUT2D eigenvalue weighted by molar-refractivity contribution is 5.98. The van der Waals surface area contributed by atoms with E-state index in [9.17, 15) is 14.4 Å². The summed E-state index contributed by atoms with van der Waals surface area (Å²) in [7, 11) is 0. The van der Waals surface area contributed by atoms with Gasteiger partial charge in [-0.1, -0.05) is 6.07 Å². The van der Waals surface area contributed by atoms with Crippen molar-refractivity contribution < 1.29 is 24.2 Å². The first-order chi connectivity index (χ1) is 11.2. The van der Waals surface area contributed by atoms with Crippen LogP contribution in [0.1, 0.15) is 44.0 Å². The van der Waals surface area contributed by atoms with Crippen molar-refractivity contribution in [2.45, 2.75) is 45.3 Å². The smallest absolute Gasteiger partial charge is 0.410 e. The maximum absolute atomic E-state index is 12.5. The molecule has 1 aromatic rings. The number of carbonyl (C=O) groups excluding carboxylic acids is 2. The van der Waals surface area contributed by atoms with Gasteiger partial charge in [-0.25, -0.2) is 9.59 Å². The van der Waals surface area contributed by atoms with Gasteiger partial charge in [0.25, 0.3) is 0 Å². The molecule has 7 nitrogen and oxygen atoms in total. The lowest BCUT2D eigenvalue weighted by Crippen LogP contribution is -2.45. The Bertz CT molecular complexity index is 651. The van der Waals surface area contributed by atoms with E-state index in [-0.39, 0.29) is 11.5 Å². The molecule has 1 aromatic carbocycles. The van der Waals surface area contributed by atoms with Crippen LogP contribution in [0.5, 0.6) is 0 Å². The first-order valence-electron chi connectivity index (χ1n) is 7.81. The van der Waals surface area contributed by atoms with Crippen LogP contribution >= 0.6 is 0 Å². The Morgan fingerprint density at radius 1 is 1.29 bits per heavy atom. The van der Waals surface area contributed by atoms with Gasteiger partial charge in [0.2, 0.25) is 5.91 Å². The molecule has 2 rings (SSSR count). The number of hydrogen-bond donors (Lipinski definition) is 2. The molecule has 1 heterocycles. The summed E-state index contributed by atoms with van der Waals surface area (Å²) >= 11 is 0. The van der Waals surface area contributed by atoms with E-state index >= 15 is 0 Å². The Morgan fingerprint density at radius 3 is 2.62 bits per heavy atom. The van der Waals surface area contributed by atoms with E-state index in [0.717, 1.165) is 0 Å². The number of benzene rings is 1. The first-order valence-corrected chi connectivity index (χ1v) is 7.81. The second-order valence-corrected chi connectivity index (χ2v) is 6.71. The van der Waals surface area contributed by atoms with Crippen LogP contribution < -0.4 is 5.32 Å². The zero-order chi connectivity index (χ0) is 17.9. The number of nitrogens with one attached hydrogen (secondary N) is 1. The highest BCUT2D eigenvalue weighted by Crippen LogP contribution is 2.22. The fourth-order valence-corrected chi connectivity index (χ4v) is 2.53. The highest BCUT2D eigenvalue weighted by Gasteiger charge is 2.36. The first kappa shape index (κ1) is 17.8. The summed E-state index contributed by atoms with van der Waals surface area (Å²) in [4.78, 5) is 37.1.